The SMILES string of the molecule is CCc1ccccc1-c1c(NC(=O)N(C)Cc2ccccc2Cl)n(C)c(=O)c2ccccc12. The molecule has 4 rings (SSSR count). The van der Waals surface area contributed by atoms with Crippen LogP contribution in [0.4, 0.5) is 10.6 Å². The average Bonchev–Trinajstić information content (AvgIpc) is 2.84. The Balaban J connectivity index is 1.83. The van der Waals surface area contributed by atoms with Crippen LogP contribution in [0.2, 0.25) is 5.02 Å². The highest BCUT2D eigenvalue weighted by Gasteiger charge is 2.21. The zero-order valence-corrected chi connectivity index (χ0v) is 19.7. The van der Waals surface area contributed by atoms with Gasteiger partial charge in [0.1, 0.15) is 5.82 Å². The maximum atomic E-state index is 13.2. The molecule has 1 aromatic heterocycles. The fourth-order valence-corrected chi connectivity index (χ4v) is 4.30. The first kappa shape index (κ1) is 22.6. The summed E-state index contributed by atoms with van der Waals surface area (Å²) in [5.41, 5.74) is 3.66. The molecule has 1 N–H and O–H groups in total. The Morgan fingerprint density at radius 1 is 0.939 bits per heavy atom. The Labute approximate surface area is 198 Å². The lowest BCUT2D eigenvalue weighted by atomic mass is 9.94. The van der Waals surface area contributed by atoms with Gasteiger partial charge in [0, 0.05) is 36.6 Å². The summed E-state index contributed by atoms with van der Waals surface area (Å²) < 4.78 is 1.52. The van der Waals surface area contributed by atoms with Crippen molar-refractivity contribution in [3.63, 3.8) is 0 Å². The number of amides is 2. The summed E-state index contributed by atoms with van der Waals surface area (Å²) in [6.07, 6.45) is 0.827. The summed E-state index contributed by atoms with van der Waals surface area (Å²) in [5.74, 6) is 0.468. The number of hydrogen-bond donors (Lipinski definition) is 1. The van der Waals surface area contributed by atoms with Crippen molar-refractivity contribution >= 4 is 34.2 Å². The van der Waals surface area contributed by atoms with Gasteiger partial charge in [0.05, 0.1) is 0 Å². The molecule has 0 saturated carbocycles. The molecule has 33 heavy (non-hydrogen) atoms. The van der Waals surface area contributed by atoms with Crippen LogP contribution in [0, 0.1) is 0 Å². The molecule has 0 spiro atoms. The number of aromatic nitrogens is 1. The minimum Gasteiger partial charge on any atom is -0.323 e. The zero-order chi connectivity index (χ0) is 23.5. The van der Waals surface area contributed by atoms with E-state index in [9.17, 15) is 9.59 Å². The molecule has 0 fully saturated rings. The third kappa shape index (κ3) is 4.37. The van der Waals surface area contributed by atoms with Gasteiger partial charge in [0.25, 0.3) is 5.56 Å². The van der Waals surface area contributed by atoms with E-state index in [4.69, 9.17) is 11.6 Å². The average molecular weight is 460 g/mol. The normalized spacial score (nSPS) is 10.9. The summed E-state index contributed by atoms with van der Waals surface area (Å²) in [7, 11) is 3.40. The molecule has 0 saturated heterocycles. The number of carbonyl (C=O) groups excluding carboxylic acids is 1. The van der Waals surface area contributed by atoms with Crippen molar-refractivity contribution in [1.29, 1.82) is 0 Å². The molecule has 4 aromatic rings. The molecule has 168 valence electrons. The standard InChI is InChI=1S/C27H26ClN3O2/c1-4-18-11-5-7-13-20(18)24-21-14-8-9-15-22(21)26(32)31(3)25(24)29-27(33)30(2)17-19-12-6-10-16-23(19)28/h5-16H,4,17H2,1-3H3,(H,29,33). The van der Waals surface area contributed by atoms with Crippen molar-refractivity contribution in [2.24, 2.45) is 7.05 Å². The van der Waals surface area contributed by atoms with Crippen molar-refractivity contribution in [3.8, 4) is 11.1 Å². The topological polar surface area (TPSA) is 54.3 Å². The van der Waals surface area contributed by atoms with Crippen molar-refractivity contribution in [2.45, 2.75) is 19.9 Å². The molecule has 5 nitrogen and oxygen atoms in total. The number of nitrogens with one attached hydrogen (secondary N) is 1. The first-order valence-electron chi connectivity index (χ1n) is 10.9. The number of halogens is 1. The minimum atomic E-state index is -0.324. The molecule has 0 atom stereocenters. The van der Waals surface area contributed by atoms with Crippen molar-refractivity contribution < 1.29 is 4.79 Å². The number of aryl methyl sites for hydroxylation is 1. The van der Waals surface area contributed by atoms with E-state index in [1.165, 1.54) is 4.57 Å². The van der Waals surface area contributed by atoms with Crippen molar-refractivity contribution in [1.82, 2.24) is 9.47 Å². The number of benzene rings is 3. The van der Waals surface area contributed by atoms with Gasteiger partial charge >= 0.3 is 6.03 Å². The van der Waals surface area contributed by atoms with E-state index >= 15 is 0 Å². The van der Waals surface area contributed by atoms with E-state index in [0.717, 1.165) is 34.1 Å². The number of carbonyl (C=O) groups is 1. The van der Waals surface area contributed by atoms with Gasteiger partial charge in [-0.1, -0.05) is 79.2 Å². The highest BCUT2D eigenvalue weighted by atomic mass is 35.5. The minimum absolute atomic E-state index is 0.160. The monoisotopic (exact) mass is 459 g/mol. The quantitative estimate of drug-likeness (QED) is 0.393. The first-order valence-corrected chi connectivity index (χ1v) is 11.3. The van der Waals surface area contributed by atoms with Gasteiger partial charge in [-0.15, -0.1) is 0 Å². The lowest BCUT2D eigenvalue weighted by molar-refractivity contribution is 0.220. The Hall–Kier alpha value is -3.57. The Kier molecular flexibility index (Phi) is 6.52. The van der Waals surface area contributed by atoms with Gasteiger partial charge in [-0.25, -0.2) is 4.79 Å². The van der Waals surface area contributed by atoms with Crippen LogP contribution in [0.1, 0.15) is 18.1 Å². The molecule has 0 aliphatic carbocycles. The van der Waals surface area contributed by atoms with Crippen molar-refractivity contribution in [2.75, 3.05) is 12.4 Å². The molecule has 6 heteroatoms. The van der Waals surface area contributed by atoms with Gasteiger partial charge in [0.2, 0.25) is 0 Å². The largest absolute Gasteiger partial charge is 0.323 e. The summed E-state index contributed by atoms with van der Waals surface area (Å²) in [6, 6.07) is 22.7. The van der Waals surface area contributed by atoms with Gasteiger partial charge in [-0.3, -0.25) is 14.7 Å². The second-order valence-electron chi connectivity index (χ2n) is 8.02. The molecule has 3 aromatic carbocycles. The second-order valence-corrected chi connectivity index (χ2v) is 8.43. The first-order chi connectivity index (χ1) is 15.9. The maximum Gasteiger partial charge on any atom is 0.323 e. The van der Waals surface area contributed by atoms with E-state index in [0.29, 0.717) is 22.8 Å². The Morgan fingerprint density at radius 3 is 2.24 bits per heavy atom. The van der Waals surface area contributed by atoms with E-state index in [2.05, 4.69) is 18.3 Å². The van der Waals surface area contributed by atoms with Crippen LogP contribution in [0.25, 0.3) is 21.9 Å². The number of nitrogens with zero attached hydrogens (tertiary/aromatic N) is 2. The summed E-state index contributed by atoms with van der Waals surface area (Å²) in [6.45, 7) is 2.44. The number of urea groups is 1. The van der Waals surface area contributed by atoms with E-state index in [1.54, 1.807) is 25.1 Å². The number of rotatable bonds is 5. The highest BCUT2D eigenvalue weighted by Crippen LogP contribution is 2.36. The molecule has 0 radical (unpaired) electrons. The molecule has 0 unspecified atom stereocenters. The predicted molar refractivity (Wildman–Crippen MR) is 136 cm³/mol. The predicted octanol–water partition coefficient (Wildman–Crippen LogP) is 6.09. The maximum absolute atomic E-state index is 13.2. The second kappa shape index (κ2) is 9.51. The third-order valence-corrected chi connectivity index (χ3v) is 6.28. The Bertz CT molecular complexity index is 1390. The smallest absolute Gasteiger partial charge is 0.323 e. The number of fused-ring (bicyclic) bond motifs is 1. The fourth-order valence-electron chi connectivity index (χ4n) is 4.11. The molecule has 2 amide bonds. The molecule has 1 heterocycles. The number of anilines is 1. The lowest BCUT2D eigenvalue weighted by Gasteiger charge is -2.23. The van der Waals surface area contributed by atoms with Crippen LogP contribution in [0.3, 0.4) is 0 Å². The fraction of sp³-hybridized carbons (Fsp3) is 0.185. The molecule has 0 aliphatic rings. The molecular formula is C27H26ClN3O2. The van der Waals surface area contributed by atoms with Gasteiger partial charge in [0.15, 0.2) is 0 Å². The molecule has 0 aliphatic heterocycles. The van der Waals surface area contributed by atoms with E-state index in [-0.39, 0.29) is 11.6 Å². The third-order valence-electron chi connectivity index (χ3n) is 5.91. The van der Waals surface area contributed by atoms with Crippen LogP contribution >= 0.6 is 11.6 Å². The molecular weight excluding hydrogens is 434 g/mol. The van der Waals surface area contributed by atoms with Crippen LogP contribution in [-0.4, -0.2) is 22.5 Å². The van der Waals surface area contributed by atoms with Crippen molar-refractivity contribution in [3.05, 3.63) is 99.3 Å². The van der Waals surface area contributed by atoms with E-state index in [1.807, 2.05) is 60.7 Å². The highest BCUT2D eigenvalue weighted by molar-refractivity contribution is 6.31. The number of pyridine rings is 1. The molecule has 0 bridgehead atoms. The zero-order valence-electron chi connectivity index (χ0n) is 18.9. The van der Waals surface area contributed by atoms with Crippen LogP contribution in [0.5, 0.6) is 0 Å². The van der Waals surface area contributed by atoms with Gasteiger partial charge in [-0.05, 0) is 40.6 Å². The van der Waals surface area contributed by atoms with Gasteiger partial charge < -0.3 is 4.90 Å². The van der Waals surface area contributed by atoms with Gasteiger partial charge in [-0.2, -0.15) is 0 Å². The van der Waals surface area contributed by atoms with E-state index < -0.39 is 0 Å². The Morgan fingerprint density at radius 2 is 1.55 bits per heavy atom. The lowest BCUT2D eigenvalue weighted by Crippen LogP contribution is -2.33. The summed E-state index contributed by atoms with van der Waals surface area (Å²) in [5, 5.41) is 5.04. The van der Waals surface area contributed by atoms with Crippen LogP contribution in [0.15, 0.2) is 77.6 Å². The summed E-state index contributed by atoms with van der Waals surface area (Å²) in [4.78, 5) is 27.9. The van der Waals surface area contributed by atoms with Crippen LogP contribution < -0.4 is 10.9 Å². The number of hydrogen-bond acceptors (Lipinski definition) is 2. The summed E-state index contributed by atoms with van der Waals surface area (Å²) >= 11 is 6.28. The van der Waals surface area contributed by atoms with Crippen LogP contribution in [-0.2, 0) is 20.0 Å².